The highest BCUT2D eigenvalue weighted by Gasteiger charge is 2.32. The Hall–Kier alpha value is -2.65. The summed E-state index contributed by atoms with van der Waals surface area (Å²) in [5, 5.41) is 6.29. The second kappa shape index (κ2) is 12.4. The fourth-order valence-electron chi connectivity index (χ4n) is 3.23. The number of rotatable bonds is 11. The number of benzene rings is 2. The van der Waals surface area contributed by atoms with Gasteiger partial charge in [-0.25, -0.2) is 0 Å². The van der Waals surface area contributed by atoms with Gasteiger partial charge in [0.25, 0.3) is 5.91 Å². The third kappa shape index (κ3) is 6.20. The molecule has 0 radical (unpaired) electrons. The van der Waals surface area contributed by atoms with E-state index in [2.05, 4.69) is 48.4 Å². The highest BCUT2D eigenvalue weighted by atomic mass is 32.2. The summed E-state index contributed by atoms with van der Waals surface area (Å²) in [5.41, 5.74) is 5.94. The number of unbranched alkanes of at least 4 members (excludes halogenated alkanes) is 1. The Morgan fingerprint density at radius 2 is 1.78 bits per heavy atom. The van der Waals surface area contributed by atoms with Crippen molar-refractivity contribution in [2.24, 2.45) is 5.10 Å². The zero-order chi connectivity index (χ0) is 22.8. The average molecular weight is 455 g/mol. The molecule has 0 saturated carbocycles. The number of amides is 1. The summed E-state index contributed by atoms with van der Waals surface area (Å²) >= 11 is 0.913. The number of nitrogens with one attached hydrogen (secondary N) is 1. The van der Waals surface area contributed by atoms with Crippen molar-refractivity contribution in [3.63, 3.8) is 0 Å². The molecule has 8 heteroatoms. The lowest BCUT2D eigenvalue weighted by atomic mass is 10.1. The summed E-state index contributed by atoms with van der Waals surface area (Å²) in [6.45, 7) is 8.93. The number of carbonyl (C=O) groups excluding carboxylic acids is 1. The van der Waals surface area contributed by atoms with E-state index in [4.69, 9.17) is 9.32 Å². The van der Waals surface area contributed by atoms with Gasteiger partial charge in [0.2, 0.25) is 0 Å². The maximum Gasteiger partial charge on any atom is 0.281 e. The summed E-state index contributed by atoms with van der Waals surface area (Å²) in [4.78, 5) is 20.5. The third-order valence-corrected chi connectivity index (χ3v) is 5.61. The van der Waals surface area contributed by atoms with Crippen LogP contribution in [-0.4, -0.2) is 30.6 Å². The first kappa shape index (κ1) is 24.0. The highest BCUT2D eigenvalue weighted by Crippen LogP contribution is 2.30. The highest BCUT2D eigenvalue weighted by molar-refractivity contribution is 8.10. The molecule has 0 aromatic heterocycles. The van der Waals surface area contributed by atoms with Crippen molar-refractivity contribution in [2.75, 3.05) is 29.5 Å². The first-order valence-corrected chi connectivity index (χ1v) is 11.7. The normalized spacial score (nSPS) is 14.8. The van der Waals surface area contributed by atoms with Crippen LogP contribution >= 0.6 is 12.0 Å². The number of hydroxylamine groups is 1. The zero-order valence-corrected chi connectivity index (χ0v) is 19.6. The molecule has 1 aliphatic heterocycles. The van der Waals surface area contributed by atoms with Gasteiger partial charge in [0.15, 0.2) is 5.04 Å². The van der Waals surface area contributed by atoms with Crippen LogP contribution in [0.15, 0.2) is 65.3 Å². The smallest absolute Gasteiger partial charge is 0.281 e. The van der Waals surface area contributed by atoms with Crippen molar-refractivity contribution in [1.29, 1.82) is 0 Å². The molecule has 0 unspecified atom stereocenters. The maximum absolute atomic E-state index is 13.2. The van der Waals surface area contributed by atoms with Gasteiger partial charge in [0.05, 0.1) is 23.3 Å². The maximum atomic E-state index is 13.2. The van der Waals surface area contributed by atoms with Gasteiger partial charge in [-0.2, -0.15) is 15.6 Å². The van der Waals surface area contributed by atoms with E-state index in [-0.39, 0.29) is 5.91 Å². The Balaban J connectivity index is 1.79. The quantitative estimate of drug-likeness (QED) is 0.166. The minimum atomic E-state index is -0.214. The SMILES string of the molecule is CCCCNOOSC1=NN(c2ccccc2)C(=O)C1=Cc1ccc(N(CC)CC)cc1. The van der Waals surface area contributed by atoms with Crippen molar-refractivity contribution >= 4 is 40.4 Å². The fourth-order valence-corrected chi connectivity index (χ4v) is 3.72. The Morgan fingerprint density at radius 1 is 1.06 bits per heavy atom. The Kier molecular flexibility index (Phi) is 9.30. The monoisotopic (exact) mass is 454 g/mol. The van der Waals surface area contributed by atoms with Gasteiger partial charge in [0.1, 0.15) is 0 Å². The number of para-hydroxylation sites is 1. The molecule has 1 amide bonds. The lowest BCUT2D eigenvalue weighted by Crippen LogP contribution is -2.21. The van der Waals surface area contributed by atoms with Gasteiger partial charge in [-0.05, 0) is 56.2 Å². The van der Waals surface area contributed by atoms with E-state index in [1.54, 1.807) is 0 Å². The molecule has 7 nitrogen and oxygen atoms in total. The first-order chi connectivity index (χ1) is 15.7. The Labute approximate surface area is 194 Å². The minimum absolute atomic E-state index is 0.214. The van der Waals surface area contributed by atoms with Crippen LogP contribution in [0.1, 0.15) is 39.2 Å². The predicted molar refractivity (Wildman–Crippen MR) is 132 cm³/mol. The van der Waals surface area contributed by atoms with Gasteiger partial charge in [-0.1, -0.05) is 43.7 Å². The van der Waals surface area contributed by atoms with Crippen LogP contribution in [0.4, 0.5) is 11.4 Å². The number of anilines is 2. The minimum Gasteiger partial charge on any atom is -0.372 e. The standard InChI is InChI=1S/C24H30N4O3S/c1-4-7-17-25-30-31-32-23-22(24(29)28(26-23)21-11-9-8-10-12-21)18-19-13-15-20(16-14-19)27(5-2)6-3/h8-16,18,25H,4-7,17H2,1-3H3. The van der Waals surface area contributed by atoms with Crippen LogP contribution in [0, 0.1) is 0 Å². The van der Waals surface area contributed by atoms with E-state index in [1.807, 2.05) is 48.5 Å². The van der Waals surface area contributed by atoms with Crippen LogP contribution in [-0.2, 0) is 14.1 Å². The van der Waals surface area contributed by atoms with Crippen molar-refractivity contribution in [1.82, 2.24) is 5.48 Å². The van der Waals surface area contributed by atoms with Crippen LogP contribution in [0.2, 0.25) is 0 Å². The Bertz CT molecular complexity index is 928. The summed E-state index contributed by atoms with van der Waals surface area (Å²) in [6, 6.07) is 17.5. The lowest BCUT2D eigenvalue weighted by Gasteiger charge is -2.20. The van der Waals surface area contributed by atoms with Crippen molar-refractivity contribution in [3.05, 3.63) is 65.7 Å². The summed E-state index contributed by atoms with van der Waals surface area (Å²) in [7, 11) is 0. The Morgan fingerprint density at radius 3 is 2.44 bits per heavy atom. The van der Waals surface area contributed by atoms with E-state index < -0.39 is 0 Å². The van der Waals surface area contributed by atoms with Gasteiger partial charge in [-0.15, -0.1) is 9.32 Å². The second-order valence-electron chi connectivity index (χ2n) is 7.16. The van der Waals surface area contributed by atoms with Gasteiger partial charge in [-0.3, -0.25) is 4.79 Å². The first-order valence-electron chi connectivity index (χ1n) is 11.0. The predicted octanol–water partition coefficient (Wildman–Crippen LogP) is 5.18. The number of carbonyl (C=O) groups is 1. The number of nitrogens with zero attached hydrogens (tertiary/aromatic N) is 3. The topological polar surface area (TPSA) is 66.4 Å². The van der Waals surface area contributed by atoms with Gasteiger partial charge in [0, 0.05) is 25.3 Å². The summed E-state index contributed by atoms with van der Waals surface area (Å²) < 4.78 is 5.19. The van der Waals surface area contributed by atoms with E-state index in [0.29, 0.717) is 22.8 Å². The molecule has 0 spiro atoms. The summed E-state index contributed by atoms with van der Waals surface area (Å²) in [5.74, 6) is -0.214. The molecule has 0 saturated heterocycles. The molecule has 0 aliphatic carbocycles. The molecule has 32 heavy (non-hydrogen) atoms. The van der Waals surface area contributed by atoms with Crippen LogP contribution < -0.4 is 15.4 Å². The number of hydrogen-bond acceptors (Lipinski definition) is 7. The average Bonchev–Trinajstić information content (AvgIpc) is 3.14. The molecule has 3 rings (SSSR count). The fraction of sp³-hybridized carbons (Fsp3) is 0.333. The van der Waals surface area contributed by atoms with Crippen LogP contribution in [0.5, 0.6) is 0 Å². The van der Waals surface area contributed by atoms with Crippen molar-refractivity contribution < 1.29 is 14.1 Å². The molecule has 1 N–H and O–H groups in total. The summed E-state index contributed by atoms with van der Waals surface area (Å²) in [6.07, 6.45) is 3.86. The van der Waals surface area contributed by atoms with Crippen LogP contribution in [0.3, 0.4) is 0 Å². The van der Waals surface area contributed by atoms with Gasteiger partial charge >= 0.3 is 0 Å². The molecule has 170 valence electrons. The molecular weight excluding hydrogens is 424 g/mol. The van der Waals surface area contributed by atoms with E-state index in [0.717, 1.165) is 49.2 Å². The van der Waals surface area contributed by atoms with E-state index in [1.165, 1.54) is 5.01 Å². The molecule has 1 heterocycles. The molecule has 2 aromatic carbocycles. The van der Waals surface area contributed by atoms with Crippen molar-refractivity contribution in [3.8, 4) is 0 Å². The lowest BCUT2D eigenvalue weighted by molar-refractivity contribution is -0.243. The molecule has 0 fully saturated rings. The van der Waals surface area contributed by atoms with Gasteiger partial charge < -0.3 is 4.90 Å². The molecular formula is C24H30N4O3S. The number of hydrazone groups is 1. The molecule has 0 atom stereocenters. The van der Waals surface area contributed by atoms with Crippen LogP contribution in [0.25, 0.3) is 6.08 Å². The number of hydrogen-bond donors (Lipinski definition) is 1. The second-order valence-corrected chi connectivity index (χ2v) is 7.85. The van der Waals surface area contributed by atoms with Crippen molar-refractivity contribution in [2.45, 2.75) is 33.6 Å². The molecule has 2 aromatic rings. The largest absolute Gasteiger partial charge is 0.372 e. The molecule has 1 aliphatic rings. The van der Waals surface area contributed by atoms with E-state index >= 15 is 0 Å². The van der Waals surface area contributed by atoms with E-state index in [9.17, 15) is 4.79 Å². The zero-order valence-electron chi connectivity index (χ0n) is 18.8. The third-order valence-electron chi connectivity index (χ3n) is 5.02. The molecule has 0 bridgehead atoms.